The quantitative estimate of drug-likeness (QED) is 0.455. The molecule has 1 unspecified atom stereocenters. The predicted octanol–water partition coefficient (Wildman–Crippen LogP) is 1.72. The van der Waals surface area contributed by atoms with E-state index in [1.165, 1.54) is 18.4 Å². The van der Waals surface area contributed by atoms with Crippen LogP contribution >= 0.6 is 0 Å². The first-order valence-electron chi connectivity index (χ1n) is 11.8. The normalized spacial score (nSPS) is 19.5. The highest BCUT2D eigenvalue weighted by atomic mass is 16.5. The number of hydrogen-bond donors (Lipinski definition) is 2. The first-order chi connectivity index (χ1) is 15.3. The molecule has 2 aliphatic rings. The van der Waals surface area contributed by atoms with Gasteiger partial charge < -0.3 is 25.0 Å². The van der Waals surface area contributed by atoms with Crippen molar-refractivity contribution >= 4 is 11.8 Å². The lowest BCUT2D eigenvalue weighted by Crippen LogP contribution is -2.53. The van der Waals surface area contributed by atoms with E-state index in [9.17, 15) is 0 Å². The molecule has 174 valence electrons. The van der Waals surface area contributed by atoms with E-state index in [4.69, 9.17) is 9.47 Å². The number of ether oxygens (including phenoxy) is 2. The van der Waals surface area contributed by atoms with Crippen LogP contribution in [0.4, 0.5) is 5.82 Å². The highest BCUT2D eigenvalue weighted by Crippen LogP contribution is 2.20. The topological polar surface area (TPSA) is 74.2 Å². The van der Waals surface area contributed by atoms with Crippen LogP contribution in [-0.4, -0.2) is 88.1 Å². The summed E-state index contributed by atoms with van der Waals surface area (Å²) in [4.78, 5) is 14.0. The van der Waals surface area contributed by atoms with E-state index >= 15 is 0 Å². The molecule has 8 heteroatoms. The molecule has 2 fully saturated rings. The average Bonchev–Trinajstić information content (AvgIpc) is 2.84. The fraction of sp³-hybridized carbons (Fsp3) is 0.739. The van der Waals surface area contributed by atoms with Gasteiger partial charge >= 0.3 is 0 Å². The summed E-state index contributed by atoms with van der Waals surface area (Å²) in [6, 6.07) is 4.62. The maximum atomic E-state index is 5.58. The third kappa shape index (κ3) is 6.79. The molecule has 0 bridgehead atoms. The highest BCUT2D eigenvalue weighted by Gasteiger charge is 2.27. The van der Waals surface area contributed by atoms with E-state index < -0.39 is 0 Å². The molecular formula is C23H40N6O2. The van der Waals surface area contributed by atoms with Crippen molar-refractivity contribution in [2.24, 2.45) is 10.9 Å². The van der Waals surface area contributed by atoms with E-state index in [1.807, 2.05) is 19.3 Å². The lowest BCUT2D eigenvalue weighted by molar-refractivity contribution is 0.00272. The van der Waals surface area contributed by atoms with Crippen molar-refractivity contribution in [2.45, 2.75) is 39.3 Å². The standard InChI is InChI=1S/C23H40N6O2/c1-4-19(5-2)21(28-9-13-30-14-10-28)18-27-23(24-3)26-17-20-7-6-8-25-22(20)29-11-15-31-16-12-29/h6-8,19,21H,4-5,9-18H2,1-3H3,(H2,24,26,27). The number of nitrogens with zero attached hydrogens (tertiary/aromatic N) is 4. The Morgan fingerprint density at radius 2 is 1.74 bits per heavy atom. The summed E-state index contributed by atoms with van der Waals surface area (Å²) in [6.07, 6.45) is 4.24. The number of anilines is 1. The van der Waals surface area contributed by atoms with Crippen molar-refractivity contribution in [1.82, 2.24) is 20.5 Å². The number of aromatic nitrogens is 1. The van der Waals surface area contributed by atoms with Gasteiger partial charge in [0.15, 0.2) is 5.96 Å². The Kier molecular flexibility index (Phi) is 9.84. The Labute approximate surface area is 187 Å². The molecule has 1 aromatic rings. The van der Waals surface area contributed by atoms with Crippen LogP contribution in [0.3, 0.4) is 0 Å². The summed E-state index contributed by atoms with van der Waals surface area (Å²) in [5, 5.41) is 7.08. The molecule has 1 atom stereocenters. The molecule has 0 amide bonds. The van der Waals surface area contributed by atoms with Gasteiger partial charge in [-0.25, -0.2) is 4.98 Å². The molecule has 2 aliphatic heterocycles. The monoisotopic (exact) mass is 432 g/mol. The predicted molar refractivity (Wildman–Crippen MR) is 126 cm³/mol. The van der Waals surface area contributed by atoms with Gasteiger partial charge in [0, 0.05) is 64.1 Å². The largest absolute Gasteiger partial charge is 0.379 e. The van der Waals surface area contributed by atoms with Crippen LogP contribution in [-0.2, 0) is 16.0 Å². The zero-order valence-corrected chi connectivity index (χ0v) is 19.5. The Bertz CT molecular complexity index is 670. The summed E-state index contributed by atoms with van der Waals surface area (Å²) in [5.41, 5.74) is 1.18. The van der Waals surface area contributed by atoms with Gasteiger partial charge in [0.05, 0.1) is 26.4 Å². The van der Waals surface area contributed by atoms with E-state index in [2.05, 4.69) is 50.3 Å². The molecule has 0 aromatic carbocycles. The fourth-order valence-electron chi connectivity index (χ4n) is 4.56. The first kappa shape index (κ1) is 23.8. The Hall–Kier alpha value is -1.90. The summed E-state index contributed by atoms with van der Waals surface area (Å²) in [5.74, 6) is 2.54. The van der Waals surface area contributed by atoms with E-state index in [1.54, 1.807) is 0 Å². The Morgan fingerprint density at radius 3 is 2.39 bits per heavy atom. The smallest absolute Gasteiger partial charge is 0.191 e. The molecule has 0 aliphatic carbocycles. The first-order valence-corrected chi connectivity index (χ1v) is 11.8. The second kappa shape index (κ2) is 12.8. The molecule has 2 N–H and O–H groups in total. The number of nitrogens with one attached hydrogen (secondary N) is 2. The summed E-state index contributed by atoms with van der Waals surface area (Å²) in [7, 11) is 1.84. The van der Waals surface area contributed by atoms with Gasteiger partial charge in [-0.2, -0.15) is 0 Å². The second-order valence-corrected chi connectivity index (χ2v) is 8.18. The number of guanidine groups is 1. The zero-order valence-electron chi connectivity index (χ0n) is 19.5. The molecular weight excluding hydrogens is 392 g/mol. The van der Waals surface area contributed by atoms with Crippen LogP contribution in [0.25, 0.3) is 0 Å². The molecule has 8 nitrogen and oxygen atoms in total. The number of morpholine rings is 2. The lowest BCUT2D eigenvalue weighted by Gasteiger charge is -2.39. The SMILES string of the molecule is CCC(CC)C(CNC(=NC)NCc1cccnc1N1CCOCC1)N1CCOCC1. The lowest BCUT2D eigenvalue weighted by atomic mass is 9.92. The maximum Gasteiger partial charge on any atom is 0.191 e. The van der Waals surface area contributed by atoms with Gasteiger partial charge in [-0.05, 0) is 12.0 Å². The molecule has 2 saturated heterocycles. The van der Waals surface area contributed by atoms with Crippen LogP contribution in [0.1, 0.15) is 32.3 Å². The van der Waals surface area contributed by atoms with Gasteiger partial charge in [-0.3, -0.25) is 9.89 Å². The van der Waals surface area contributed by atoms with Gasteiger partial charge in [0.25, 0.3) is 0 Å². The van der Waals surface area contributed by atoms with Crippen molar-refractivity contribution in [2.75, 3.05) is 71.1 Å². The number of aliphatic imine (C=N–C) groups is 1. The van der Waals surface area contributed by atoms with Crippen LogP contribution in [0.15, 0.2) is 23.3 Å². The van der Waals surface area contributed by atoms with Crippen molar-refractivity contribution in [3.8, 4) is 0 Å². The third-order valence-corrected chi connectivity index (χ3v) is 6.43. The van der Waals surface area contributed by atoms with E-state index in [-0.39, 0.29) is 0 Å². The molecule has 0 saturated carbocycles. The fourth-order valence-corrected chi connectivity index (χ4v) is 4.56. The second-order valence-electron chi connectivity index (χ2n) is 8.18. The van der Waals surface area contributed by atoms with Crippen molar-refractivity contribution in [3.63, 3.8) is 0 Å². The number of rotatable bonds is 9. The minimum Gasteiger partial charge on any atom is -0.379 e. The van der Waals surface area contributed by atoms with Gasteiger partial charge in [-0.15, -0.1) is 0 Å². The van der Waals surface area contributed by atoms with Crippen molar-refractivity contribution in [1.29, 1.82) is 0 Å². The van der Waals surface area contributed by atoms with Crippen molar-refractivity contribution < 1.29 is 9.47 Å². The Balaban J connectivity index is 1.58. The van der Waals surface area contributed by atoms with Gasteiger partial charge in [0.2, 0.25) is 0 Å². The van der Waals surface area contributed by atoms with E-state index in [0.29, 0.717) is 18.5 Å². The minimum absolute atomic E-state index is 0.486. The van der Waals surface area contributed by atoms with E-state index in [0.717, 1.165) is 70.9 Å². The third-order valence-electron chi connectivity index (χ3n) is 6.43. The van der Waals surface area contributed by atoms with Crippen LogP contribution in [0, 0.1) is 5.92 Å². The summed E-state index contributed by atoms with van der Waals surface area (Å²) < 4.78 is 11.1. The molecule has 3 rings (SSSR count). The minimum atomic E-state index is 0.486. The Morgan fingerprint density at radius 1 is 1.06 bits per heavy atom. The van der Waals surface area contributed by atoms with Crippen LogP contribution in [0.5, 0.6) is 0 Å². The summed E-state index contributed by atoms with van der Waals surface area (Å²) in [6.45, 7) is 13.1. The zero-order chi connectivity index (χ0) is 21.9. The molecule has 0 radical (unpaired) electrons. The average molecular weight is 433 g/mol. The van der Waals surface area contributed by atoms with Crippen LogP contribution in [0.2, 0.25) is 0 Å². The van der Waals surface area contributed by atoms with Crippen molar-refractivity contribution in [3.05, 3.63) is 23.9 Å². The molecule has 0 spiro atoms. The molecule has 1 aromatic heterocycles. The molecule has 3 heterocycles. The van der Waals surface area contributed by atoms with Gasteiger partial charge in [-0.1, -0.05) is 32.8 Å². The van der Waals surface area contributed by atoms with Crippen LogP contribution < -0.4 is 15.5 Å². The highest BCUT2D eigenvalue weighted by molar-refractivity contribution is 5.79. The summed E-state index contributed by atoms with van der Waals surface area (Å²) >= 11 is 0. The molecule has 31 heavy (non-hydrogen) atoms. The number of hydrogen-bond acceptors (Lipinski definition) is 6. The number of pyridine rings is 1. The van der Waals surface area contributed by atoms with Gasteiger partial charge in [0.1, 0.15) is 5.82 Å². The maximum absolute atomic E-state index is 5.58.